The zero-order valence-electron chi connectivity index (χ0n) is 24.5. The van der Waals surface area contributed by atoms with Crippen molar-refractivity contribution in [3.63, 3.8) is 0 Å². The van der Waals surface area contributed by atoms with Gasteiger partial charge in [0, 0.05) is 50.9 Å². The fourth-order valence-corrected chi connectivity index (χ4v) is 5.40. The highest BCUT2D eigenvalue weighted by Crippen LogP contribution is 2.28. The second-order valence-electron chi connectivity index (χ2n) is 11.1. The van der Waals surface area contributed by atoms with Crippen LogP contribution in [0.15, 0.2) is 36.4 Å². The summed E-state index contributed by atoms with van der Waals surface area (Å²) in [6.45, 7) is 8.03. The third-order valence-corrected chi connectivity index (χ3v) is 7.83. The number of nitrogens with one attached hydrogen (secondary N) is 2. The molecule has 3 unspecified atom stereocenters. The minimum atomic E-state index is -0.772. The number of aryl methyl sites for hydroxylation is 1. The lowest BCUT2D eigenvalue weighted by Gasteiger charge is -2.46. The standard InChI is InChI=1S/C29H41B2FN4O4/c1-19-7-5-8-26(24(19)17-35(18-38)27(9-6-12-37)28(39)33-4)34-14-22-10-11-23(13-25(22)32)29(30,31)36-15-20(2)40-21(3)16-36/h5,7-8,10-13,18,20-21,27,34H,6,9,14-17,30-31H2,1-4H3,(H,33,39). The van der Waals surface area contributed by atoms with Crippen LogP contribution >= 0.6 is 0 Å². The summed E-state index contributed by atoms with van der Waals surface area (Å²) in [4.78, 5) is 39.2. The van der Waals surface area contributed by atoms with Crippen LogP contribution in [0.3, 0.4) is 0 Å². The normalized spacial score (nSPS) is 18.5. The van der Waals surface area contributed by atoms with Crippen LogP contribution in [-0.2, 0) is 37.5 Å². The summed E-state index contributed by atoms with van der Waals surface area (Å²) >= 11 is 0. The van der Waals surface area contributed by atoms with Crippen LogP contribution in [0.5, 0.6) is 0 Å². The summed E-state index contributed by atoms with van der Waals surface area (Å²) in [6.07, 6.45) is 2.00. The lowest BCUT2D eigenvalue weighted by Crippen LogP contribution is -2.56. The number of ether oxygens (including phenoxy) is 1. The van der Waals surface area contributed by atoms with Crippen LogP contribution in [0.4, 0.5) is 10.1 Å². The van der Waals surface area contributed by atoms with Crippen LogP contribution < -0.4 is 10.6 Å². The van der Waals surface area contributed by atoms with E-state index in [1.807, 2.05) is 37.3 Å². The molecule has 214 valence electrons. The van der Waals surface area contributed by atoms with Crippen molar-refractivity contribution in [1.82, 2.24) is 15.1 Å². The van der Waals surface area contributed by atoms with E-state index < -0.39 is 6.04 Å². The molecule has 2 aromatic rings. The van der Waals surface area contributed by atoms with Crippen molar-refractivity contribution in [2.45, 2.75) is 70.3 Å². The highest BCUT2D eigenvalue weighted by Gasteiger charge is 2.34. The molecular weight excluding hydrogens is 509 g/mol. The average molecular weight is 550 g/mol. The highest BCUT2D eigenvalue weighted by atomic mass is 19.1. The van der Waals surface area contributed by atoms with Crippen molar-refractivity contribution in [1.29, 1.82) is 0 Å². The fraction of sp³-hybridized carbons (Fsp3) is 0.483. The molecule has 1 heterocycles. The summed E-state index contributed by atoms with van der Waals surface area (Å²) in [5.74, 6) is -0.618. The Morgan fingerprint density at radius 3 is 2.52 bits per heavy atom. The Kier molecular flexibility index (Phi) is 10.9. The van der Waals surface area contributed by atoms with Crippen LogP contribution in [0.2, 0.25) is 0 Å². The monoisotopic (exact) mass is 550 g/mol. The summed E-state index contributed by atoms with van der Waals surface area (Å²) in [5, 5.41) is 5.55. The lowest BCUT2D eigenvalue weighted by molar-refractivity contribution is -0.133. The van der Waals surface area contributed by atoms with Crippen molar-refractivity contribution in [3.05, 3.63) is 64.5 Å². The maximum atomic E-state index is 15.4. The van der Waals surface area contributed by atoms with E-state index in [-0.39, 0.29) is 55.2 Å². The van der Waals surface area contributed by atoms with Gasteiger partial charge in [0.1, 0.15) is 33.8 Å². The van der Waals surface area contributed by atoms with E-state index in [0.29, 0.717) is 12.0 Å². The van der Waals surface area contributed by atoms with Crippen molar-refractivity contribution < 1.29 is 23.5 Å². The molecule has 40 heavy (non-hydrogen) atoms. The van der Waals surface area contributed by atoms with Gasteiger partial charge in [0.05, 0.1) is 12.2 Å². The van der Waals surface area contributed by atoms with Gasteiger partial charge < -0.3 is 30.0 Å². The third kappa shape index (κ3) is 7.52. The molecule has 1 fully saturated rings. The van der Waals surface area contributed by atoms with Gasteiger partial charge in [-0.1, -0.05) is 24.3 Å². The molecule has 3 atom stereocenters. The maximum absolute atomic E-state index is 15.4. The number of hydrogen-bond acceptors (Lipinski definition) is 6. The number of benzene rings is 2. The molecule has 0 saturated carbocycles. The Balaban J connectivity index is 1.78. The number of amides is 2. The second-order valence-corrected chi connectivity index (χ2v) is 11.1. The molecule has 1 saturated heterocycles. The highest BCUT2D eigenvalue weighted by molar-refractivity contribution is 6.39. The summed E-state index contributed by atoms with van der Waals surface area (Å²) < 4.78 is 21.3. The number of morpholine rings is 1. The Morgan fingerprint density at radius 2 is 1.93 bits per heavy atom. The number of nitrogens with zero attached hydrogens (tertiary/aromatic N) is 2. The summed E-state index contributed by atoms with van der Waals surface area (Å²) in [5.41, 5.74) is 3.93. The number of carbonyl (C=O) groups excluding carboxylic acids is 3. The fourth-order valence-electron chi connectivity index (χ4n) is 5.40. The van der Waals surface area contributed by atoms with Crippen molar-refractivity contribution >= 4 is 40.0 Å². The Hall–Kier alpha value is -3.17. The molecule has 1 aliphatic rings. The van der Waals surface area contributed by atoms with Crippen LogP contribution in [-0.4, -0.2) is 82.5 Å². The first-order valence-corrected chi connectivity index (χ1v) is 13.9. The molecule has 8 nitrogen and oxygen atoms in total. The largest absolute Gasteiger partial charge is 0.381 e. The summed E-state index contributed by atoms with van der Waals surface area (Å²) in [7, 11) is 5.73. The molecule has 3 rings (SSSR count). The van der Waals surface area contributed by atoms with Gasteiger partial charge in [-0.2, -0.15) is 0 Å². The molecule has 2 amide bonds. The predicted molar refractivity (Wildman–Crippen MR) is 160 cm³/mol. The van der Waals surface area contributed by atoms with E-state index >= 15 is 4.39 Å². The third-order valence-electron chi connectivity index (χ3n) is 7.83. The van der Waals surface area contributed by atoms with E-state index in [9.17, 15) is 14.4 Å². The van der Waals surface area contributed by atoms with Crippen molar-refractivity contribution in [2.75, 3.05) is 25.5 Å². The predicted octanol–water partition coefficient (Wildman–Crippen LogP) is 1.28. The SMILES string of the molecule is BC(B)(c1ccc(CNc2cccc(C)c2CN(C=O)C(CCC=O)C(=O)NC)c(F)c1)N1CC(C)OC(C)C1. The number of carbonyl (C=O) groups is 3. The first-order valence-electron chi connectivity index (χ1n) is 13.9. The van der Waals surface area contributed by atoms with Gasteiger partial charge >= 0.3 is 0 Å². The average Bonchev–Trinajstić information content (AvgIpc) is 2.92. The van der Waals surface area contributed by atoms with Gasteiger partial charge in [-0.25, -0.2) is 4.39 Å². The van der Waals surface area contributed by atoms with Gasteiger partial charge in [-0.05, 0) is 61.4 Å². The molecule has 0 radical (unpaired) electrons. The number of anilines is 1. The first-order chi connectivity index (χ1) is 19.0. The van der Waals surface area contributed by atoms with Gasteiger partial charge in [0.2, 0.25) is 12.3 Å². The Labute approximate surface area is 238 Å². The van der Waals surface area contributed by atoms with Gasteiger partial charge in [-0.15, -0.1) is 0 Å². The minimum absolute atomic E-state index is 0.117. The second kappa shape index (κ2) is 13.9. The Morgan fingerprint density at radius 1 is 1.23 bits per heavy atom. The molecule has 11 heteroatoms. The zero-order valence-corrected chi connectivity index (χ0v) is 24.5. The summed E-state index contributed by atoms with van der Waals surface area (Å²) in [6, 6.07) is 10.3. The van der Waals surface area contributed by atoms with E-state index in [0.717, 1.165) is 41.8 Å². The van der Waals surface area contributed by atoms with Crippen LogP contribution in [0.1, 0.15) is 48.9 Å². The van der Waals surface area contributed by atoms with E-state index in [4.69, 9.17) is 4.74 Å². The molecule has 2 N–H and O–H groups in total. The minimum Gasteiger partial charge on any atom is -0.381 e. The molecular formula is C29H41B2FN4O4. The zero-order chi connectivity index (χ0) is 29.4. The number of likely N-dealkylation sites (N-methyl/N-ethyl adjacent to an activating group) is 1. The quantitative estimate of drug-likeness (QED) is 0.289. The topological polar surface area (TPSA) is 91.0 Å². The smallest absolute Gasteiger partial charge is 0.242 e. The van der Waals surface area contributed by atoms with E-state index in [2.05, 4.69) is 45.1 Å². The first kappa shape index (κ1) is 31.4. The lowest BCUT2D eigenvalue weighted by atomic mass is 9.56. The van der Waals surface area contributed by atoms with Crippen molar-refractivity contribution in [3.8, 4) is 0 Å². The van der Waals surface area contributed by atoms with Gasteiger partial charge in [0.25, 0.3) is 0 Å². The van der Waals surface area contributed by atoms with E-state index in [1.54, 1.807) is 6.07 Å². The van der Waals surface area contributed by atoms with Crippen LogP contribution in [0, 0.1) is 12.7 Å². The number of halogens is 1. The molecule has 2 aromatic carbocycles. The molecule has 1 aliphatic heterocycles. The number of aldehydes is 1. The van der Waals surface area contributed by atoms with E-state index in [1.165, 1.54) is 11.9 Å². The Bertz CT molecular complexity index is 1190. The number of hydrogen-bond donors (Lipinski definition) is 2. The molecule has 0 spiro atoms. The van der Waals surface area contributed by atoms with Crippen molar-refractivity contribution in [2.24, 2.45) is 0 Å². The van der Waals surface area contributed by atoms with Gasteiger partial charge in [-0.3, -0.25) is 9.59 Å². The molecule has 0 bridgehead atoms. The van der Waals surface area contributed by atoms with Crippen LogP contribution in [0.25, 0.3) is 0 Å². The maximum Gasteiger partial charge on any atom is 0.242 e. The number of rotatable bonds is 13. The molecule has 0 aliphatic carbocycles. The molecule has 0 aromatic heterocycles. The van der Waals surface area contributed by atoms with Gasteiger partial charge in [0.15, 0.2) is 0 Å².